The molecule has 0 saturated carbocycles. The molecule has 17 heavy (non-hydrogen) atoms. The van der Waals surface area contributed by atoms with Gasteiger partial charge in [-0.3, -0.25) is 0 Å². The Morgan fingerprint density at radius 2 is 1.94 bits per heavy atom. The molecule has 2 rings (SSSR count). The van der Waals surface area contributed by atoms with Crippen LogP contribution < -0.4 is 0 Å². The molecule has 4 heteroatoms. The van der Waals surface area contributed by atoms with Crippen molar-refractivity contribution in [3.63, 3.8) is 0 Å². The first kappa shape index (κ1) is 11.4. The molecule has 2 aromatic rings. The third-order valence-electron chi connectivity index (χ3n) is 2.92. The Balaban J connectivity index is 2.75. The van der Waals surface area contributed by atoms with Crippen molar-refractivity contribution >= 4 is 5.97 Å². The summed E-state index contributed by atoms with van der Waals surface area (Å²) in [5.41, 5.74) is 2.72. The van der Waals surface area contributed by atoms with Gasteiger partial charge in [-0.05, 0) is 19.4 Å². The molecule has 0 atom stereocenters. The van der Waals surface area contributed by atoms with Gasteiger partial charge in [-0.25, -0.2) is 9.78 Å². The maximum absolute atomic E-state index is 11.2. The predicted molar refractivity (Wildman–Crippen MR) is 65.1 cm³/mol. The van der Waals surface area contributed by atoms with Crippen LogP contribution in [0.3, 0.4) is 0 Å². The summed E-state index contributed by atoms with van der Waals surface area (Å²) in [7, 11) is 1.83. The van der Waals surface area contributed by atoms with Crippen molar-refractivity contribution in [2.75, 3.05) is 0 Å². The number of aryl methyl sites for hydroxylation is 2. The van der Waals surface area contributed by atoms with Crippen LogP contribution in [0.15, 0.2) is 24.3 Å². The molecule has 0 fully saturated rings. The number of carbonyl (C=O) groups is 1. The highest BCUT2D eigenvalue weighted by atomic mass is 16.4. The van der Waals surface area contributed by atoms with Gasteiger partial charge in [-0.15, -0.1) is 0 Å². The lowest BCUT2D eigenvalue weighted by Crippen LogP contribution is -2.02. The van der Waals surface area contributed by atoms with Crippen molar-refractivity contribution in [2.24, 2.45) is 7.05 Å². The minimum absolute atomic E-state index is 0.110. The fraction of sp³-hybridized carbons (Fsp3) is 0.231. The largest absolute Gasteiger partial charge is 0.476 e. The van der Waals surface area contributed by atoms with Crippen molar-refractivity contribution in [3.05, 3.63) is 41.3 Å². The topological polar surface area (TPSA) is 55.1 Å². The van der Waals surface area contributed by atoms with Crippen molar-refractivity contribution in [1.29, 1.82) is 0 Å². The molecule has 0 radical (unpaired) electrons. The minimum atomic E-state index is -0.994. The van der Waals surface area contributed by atoms with Crippen LogP contribution in [-0.2, 0) is 7.05 Å². The van der Waals surface area contributed by atoms with E-state index < -0.39 is 5.97 Å². The highest BCUT2D eigenvalue weighted by Gasteiger charge is 2.20. The van der Waals surface area contributed by atoms with Crippen molar-refractivity contribution < 1.29 is 9.90 Å². The van der Waals surface area contributed by atoms with E-state index >= 15 is 0 Å². The van der Waals surface area contributed by atoms with Crippen molar-refractivity contribution in [2.45, 2.75) is 13.8 Å². The first-order valence-corrected chi connectivity index (χ1v) is 5.35. The zero-order valence-corrected chi connectivity index (χ0v) is 10.1. The van der Waals surface area contributed by atoms with E-state index in [0.717, 1.165) is 11.1 Å². The number of rotatable bonds is 2. The number of carboxylic acid groups (broad SMARTS) is 1. The normalized spacial score (nSPS) is 10.5. The van der Waals surface area contributed by atoms with Crippen LogP contribution in [0.4, 0.5) is 0 Å². The summed E-state index contributed by atoms with van der Waals surface area (Å²) in [5, 5.41) is 9.18. The Kier molecular flexibility index (Phi) is 2.71. The second kappa shape index (κ2) is 4.05. The fourth-order valence-electron chi connectivity index (χ4n) is 1.91. The van der Waals surface area contributed by atoms with Gasteiger partial charge in [-0.1, -0.05) is 24.3 Å². The number of carboxylic acids is 1. The van der Waals surface area contributed by atoms with Gasteiger partial charge in [0, 0.05) is 12.6 Å². The Morgan fingerprint density at radius 3 is 2.53 bits per heavy atom. The van der Waals surface area contributed by atoms with Gasteiger partial charge in [0.15, 0.2) is 5.69 Å². The minimum Gasteiger partial charge on any atom is -0.476 e. The Morgan fingerprint density at radius 1 is 1.29 bits per heavy atom. The molecule has 1 heterocycles. The van der Waals surface area contributed by atoms with Crippen LogP contribution in [0.5, 0.6) is 0 Å². The van der Waals surface area contributed by atoms with E-state index in [2.05, 4.69) is 4.98 Å². The number of hydrogen-bond donors (Lipinski definition) is 1. The molecular weight excluding hydrogens is 216 g/mol. The van der Waals surface area contributed by atoms with E-state index in [1.165, 1.54) is 0 Å². The van der Waals surface area contributed by atoms with Gasteiger partial charge < -0.3 is 9.67 Å². The van der Waals surface area contributed by atoms with Crippen molar-refractivity contribution in [3.8, 4) is 11.3 Å². The first-order valence-electron chi connectivity index (χ1n) is 5.35. The summed E-state index contributed by atoms with van der Waals surface area (Å²) in [6, 6.07) is 7.71. The fourth-order valence-corrected chi connectivity index (χ4v) is 1.91. The Bertz CT molecular complexity index is 585. The molecule has 0 amide bonds. The maximum Gasteiger partial charge on any atom is 0.356 e. The summed E-state index contributed by atoms with van der Waals surface area (Å²) >= 11 is 0. The highest BCUT2D eigenvalue weighted by molar-refractivity contribution is 5.93. The number of aromatic nitrogens is 2. The van der Waals surface area contributed by atoms with Crippen LogP contribution in [-0.4, -0.2) is 20.6 Å². The lowest BCUT2D eigenvalue weighted by molar-refractivity contribution is 0.0692. The molecule has 0 aliphatic rings. The van der Waals surface area contributed by atoms with Gasteiger partial charge in [0.25, 0.3) is 0 Å². The first-order chi connectivity index (χ1) is 8.02. The molecule has 0 aliphatic heterocycles. The number of aromatic carboxylic acids is 1. The number of benzene rings is 1. The average Bonchev–Trinajstić information content (AvgIpc) is 2.57. The van der Waals surface area contributed by atoms with E-state index in [1.54, 1.807) is 6.92 Å². The third kappa shape index (κ3) is 1.82. The Labute approximate surface area is 99.5 Å². The SMILES string of the molecule is Cc1ccccc1-c1c(C(=O)O)nc(C)n1C. The maximum atomic E-state index is 11.2. The summed E-state index contributed by atoms with van der Waals surface area (Å²) < 4.78 is 1.81. The summed E-state index contributed by atoms with van der Waals surface area (Å²) in [6.07, 6.45) is 0. The summed E-state index contributed by atoms with van der Waals surface area (Å²) in [6.45, 7) is 3.76. The number of nitrogens with zero attached hydrogens (tertiary/aromatic N) is 2. The lowest BCUT2D eigenvalue weighted by atomic mass is 10.0. The zero-order valence-electron chi connectivity index (χ0n) is 10.1. The molecule has 0 bridgehead atoms. The summed E-state index contributed by atoms with van der Waals surface area (Å²) in [5.74, 6) is -0.299. The van der Waals surface area contributed by atoms with E-state index in [9.17, 15) is 9.90 Å². The molecule has 4 nitrogen and oxygen atoms in total. The third-order valence-corrected chi connectivity index (χ3v) is 2.92. The van der Waals surface area contributed by atoms with Gasteiger partial charge in [0.05, 0.1) is 5.69 Å². The Hall–Kier alpha value is -2.10. The molecule has 88 valence electrons. The second-order valence-electron chi connectivity index (χ2n) is 4.04. The molecular formula is C13H14N2O2. The van der Waals surface area contributed by atoms with Crippen molar-refractivity contribution in [1.82, 2.24) is 9.55 Å². The molecule has 0 spiro atoms. The molecule has 1 aromatic heterocycles. The van der Waals surface area contributed by atoms with Gasteiger partial charge in [-0.2, -0.15) is 0 Å². The standard InChI is InChI=1S/C13H14N2O2/c1-8-6-4-5-7-10(8)12-11(13(16)17)14-9(2)15(12)3/h4-7H,1-3H3,(H,16,17). The van der Waals surface area contributed by atoms with Crippen LogP contribution in [0.25, 0.3) is 11.3 Å². The van der Waals surface area contributed by atoms with Crippen LogP contribution in [0, 0.1) is 13.8 Å². The highest BCUT2D eigenvalue weighted by Crippen LogP contribution is 2.27. The quantitative estimate of drug-likeness (QED) is 0.861. The molecule has 1 aromatic carbocycles. The predicted octanol–water partition coefficient (Wildman–Crippen LogP) is 2.40. The molecule has 0 unspecified atom stereocenters. The summed E-state index contributed by atoms with van der Waals surface area (Å²) in [4.78, 5) is 15.3. The van der Waals surface area contributed by atoms with Crippen LogP contribution in [0.2, 0.25) is 0 Å². The van der Waals surface area contributed by atoms with Gasteiger partial charge >= 0.3 is 5.97 Å². The van der Waals surface area contributed by atoms with E-state index in [4.69, 9.17) is 0 Å². The monoisotopic (exact) mass is 230 g/mol. The molecule has 0 aliphatic carbocycles. The average molecular weight is 230 g/mol. The lowest BCUT2D eigenvalue weighted by Gasteiger charge is -2.08. The van der Waals surface area contributed by atoms with Gasteiger partial charge in [0.1, 0.15) is 5.82 Å². The zero-order chi connectivity index (χ0) is 12.6. The molecule has 0 saturated heterocycles. The van der Waals surface area contributed by atoms with Gasteiger partial charge in [0.2, 0.25) is 0 Å². The second-order valence-corrected chi connectivity index (χ2v) is 4.04. The number of imidazole rings is 1. The smallest absolute Gasteiger partial charge is 0.356 e. The van der Waals surface area contributed by atoms with E-state index in [1.807, 2.05) is 42.8 Å². The van der Waals surface area contributed by atoms with Crippen LogP contribution >= 0.6 is 0 Å². The van der Waals surface area contributed by atoms with E-state index in [0.29, 0.717) is 11.5 Å². The van der Waals surface area contributed by atoms with Crippen LogP contribution in [0.1, 0.15) is 21.9 Å². The molecule has 1 N–H and O–H groups in total. The number of hydrogen-bond acceptors (Lipinski definition) is 2. The van der Waals surface area contributed by atoms with E-state index in [-0.39, 0.29) is 5.69 Å².